The van der Waals surface area contributed by atoms with Gasteiger partial charge in [-0.2, -0.15) is 0 Å². The smallest absolute Gasteiger partial charge is 0.161 e. The first-order valence-corrected chi connectivity index (χ1v) is 9.70. The van der Waals surface area contributed by atoms with E-state index in [1.54, 1.807) is 7.11 Å². The molecule has 27 heavy (non-hydrogen) atoms. The summed E-state index contributed by atoms with van der Waals surface area (Å²) in [5.41, 5.74) is 10.6. The van der Waals surface area contributed by atoms with Gasteiger partial charge in [-0.3, -0.25) is 4.90 Å². The van der Waals surface area contributed by atoms with Crippen molar-refractivity contribution in [3.8, 4) is 11.5 Å². The van der Waals surface area contributed by atoms with Crippen LogP contribution in [0.25, 0.3) is 0 Å². The number of aliphatic hydroxyl groups excluding tert-OH is 1. The van der Waals surface area contributed by atoms with Crippen molar-refractivity contribution in [3.05, 3.63) is 59.2 Å². The standard InChI is InChI=1S/C22H28N2O3/c1-26-21-12-17-16(11-22(21)27-10-9-25)7-8-24-14-18(19(23)13-20(17)24)15-5-3-2-4-6-15/h2-6,11-12,18-20,25H,7-10,13-14,23H2,1H3. The highest BCUT2D eigenvalue weighted by Gasteiger charge is 2.38. The van der Waals surface area contributed by atoms with Gasteiger partial charge in [-0.1, -0.05) is 30.3 Å². The van der Waals surface area contributed by atoms with Crippen molar-refractivity contribution < 1.29 is 14.6 Å². The number of hydrogen-bond donors (Lipinski definition) is 2. The Morgan fingerprint density at radius 2 is 2.00 bits per heavy atom. The van der Waals surface area contributed by atoms with Gasteiger partial charge in [0.2, 0.25) is 0 Å². The van der Waals surface area contributed by atoms with Crippen LogP contribution in [0.1, 0.15) is 35.1 Å². The van der Waals surface area contributed by atoms with Gasteiger partial charge >= 0.3 is 0 Å². The summed E-state index contributed by atoms with van der Waals surface area (Å²) in [5, 5.41) is 9.05. The van der Waals surface area contributed by atoms with Gasteiger partial charge in [-0.25, -0.2) is 0 Å². The maximum absolute atomic E-state index is 9.05. The van der Waals surface area contributed by atoms with Crippen LogP contribution >= 0.6 is 0 Å². The summed E-state index contributed by atoms with van der Waals surface area (Å²) in [5.74, 6) is 1.81. The molecule has 0 bridgehead atoms. The van der Waals surface area contributed by atoms with Crippen molar-refractivity contribution in [2.24, 2.45) is 5.73 Å². The molecule has 0 radical (unpaired) electrons. The van der Waals surface area contributed by atoms with Gasteiger partial charge in [-0.15, -0.1) is 0 Å². The molecule has 5 heteroatoms. The van der Waals surface area contributed by atoms with E-state index < -0.39 is 0 Å². The predicted octanol–water partition coefficient (Wildman–Crippen LogP) is 2.48. The third kappa shape index (κ3) is 3.55. The molecule has 2 aromatic rings. The molecular formula is C22H28N2O3. The number of benzene rings is 2. The molecule has 144 valence electrons. The van der Waals surface area contributed by atoms with Crippen LogP contribution in [0, 0.1) is 0 Å². The van der Waals surface area contributed by atoms with E-state index in [0.29, 0.717) is 17.7 Å². The third-order valence-corrected chi connectivity index (χ3v) is 5.91. The Hall–Kier alpha value is -2.08. The van der Waals surface area contributed by atoms with Gasteiger partial charge in [0.25, 0.3) is 0 Å². The SMILES string of the molecule is COc1cc2c(cc1OCCO)CCN1CC(c3ccccc3)C(N)CC21. The van der Waals surface area contributed by atoms with Crippen LogP contribution in [0.5, 0.6) is 11.5 Å². The van der Waals surface area contributed by atoms with Gasteiger partial charge in [0.1, 0.15) is 6.61 Å². The number of piperidine rings is 1. The first-order chi connectivity index (χ1) is 13.2. The summed E-state index contributed by atoms with van der Waals surface area (Å²) in [7, 11) is 1.66. The molecule has 2 heterocycles. The minimum atomic E-state index is -0.00757. The maximum Gasteiger partial charge on any atom is 0.161 e. The van der Waals surface area contributed by atoms with Gasteiger partial charge in [-0.05, 0) is 41.7 Å². The van der Waals surface area contributed by atoms with E-state index in [2.05, 4.69) is 47.4 Å². The maximum atomic E-state index is 9.05. The number of ether oxygens (including phenoxy) is 2. The Kier molecular flexibility index (Phi) is 5.34. The number of rotatable bonds is 5. The molecule has 0 amide bonds. The molecule has 3 unspecified atom stereocenters. The second-order valence-electron chi connectivity index (χ2n) is 7.45. The zero-order valence-corrected chi connectivity index (χ0v) is 15.8. The van der Waals surface area contributed by atoms with E-state index in [4.69, 9.17) is 20.3 Å². The van der Waals surface area contributed by atoms with Crippen LogP contribution in [0.3, 0.4) is 0 Å². The second-order valence-corrected chi connectivity index (χ2v) is 7.45. The van der Waals surface area contributed by atoms with Crippen molar-refractivity contribution in [2.45, 2.75) is 30.8 Å². The summed E-state index contributed by atoms with van der Waals surface area (Å²) in [6.07, 6.45) is 1.93. The largest absolute Gasteiger partial charge is 0.493 e. The Morgan fingerprint density at radius 1 is 1.19 bits per heavy atom. The minimum Gasteiger partial charge on any atom is -0.493 e. The molecule has 2 aliphatic heterocycles. The quantitative estimate of drug-likeness (QED) is 0.849. The summed E-state index contributed by atoms with van der Waals surface area (Å²) >= 11 is 0. The fourth-order valence-corrected chi connectivity index (χ4v) is 4.55. The molecule has 4 rings (SSSR count). The molecule has 3 N–H and O–H groups in total. The Morgan fingerprint density at radius 3 is 2.74 bits per heavy atom. The van der Waals surface area contributed by atoms with E-state index in [9.17, 15) is 0 Å². The fourth-order valence-electron chi connectivity index (χ4n) is 4.55. The highest BCUT2D eigenvalue weighted by molar-refractivity contribution is 5.50. The van der Waals surface area contributed by atoms with Crippen molar-refractivity contribution in [3.63, 3.8) is 0 Å². The number of nitrogens with two attached hydrogens (primary N) is 1. The van der Waals surface area contributed by atoms with Crippen LogP contribution in [0.15, 0.2) is 42.5 Å². The first-order valence-electron chi connectivity index (χ1n) is 9.70. The summed E-state index contributed by atoms with van der Waals surface area (Å²) in [4.78, 5) is 2.57. The second kappa shape index (κ2) is 7.89. The number of aliphatic hydroxyl groups is 1. The number of methoxy groups -OCH3 is 1. The highest BCUT2D eigenvalue weighted by atomic mass is 16.5. The normalized spacial score (nSPS) is 24.8. The summed E-state index contributed by atoms with van der Waals surface area (Å²) in [6.45, 7) is 2.28. The van der Waals surface area contributed by atoms with Gasteiger partial charge in [0, 0.05) is 31.1 Å². The van der Waals surface area contributed by atoms with Crippen LogP contribution < -0.4 is 15.2 Å². The lowest BCUT2D eigenvalue weighted by molar-refractivity contribution is 0.109. The van der Waals surface area contributed by atoms with Crippen LogP contribution in [-0.4, -0.2) is 49.5 Å². The molecule has 5 nitrogen and oxygen atoms in total. The van der Waals surface area contributed by atoms with Crippen molar-refractivity contribution in [1.29, 1.82) is 0 Å². The lowest BCUT2D eigenvalue weighted by atomic mass is 9.78. The molecule has 0 aromatic heterocycles. The fraction of sp³-hybridized carbons (Fsp3) is 0.455. The van der Waals surface area contributed by atoms with E-state index in [-0.39, 0.29) is 19.3 Å². The molecule has 1 saturated heterocycles. The third-order valence-electron chi connectivity index (χ3n) is 5.91. The Labute approximate surface area is 160 Å². The number of nitrogens with zero attached hydrogens (tertiary/aromatic N) is 1. The molecule has 2 aliphatic rings. The van der Waals surface area contributed by atoms with Crippen LogP contribution in [0.4, 0.5) is 0 Å². The zero-order valence-electron chi connectivity index (χ0n) is 15.8. The first kappa shape index (κ1) is 18.3. The summed E-state index contributed by atoms with van der Waals surface area (Å²) < 4.78 is 11.2. The monoisotopic (exact) mass is 368 g/mol. The van der Waals surface area contributed by atoms with Crippen molar-refractivity contribution in [1.82, 2.24) is 4.90 Å². The molecule has 3 atom stereocenters. The van der Waals surface area contributed by atoms with Crippen LogP contribution in [-0.2, 0) is 6.42 Å². The minimum absolute atomic E-state index is 0.00757. The van der Waals surface area contributed by atoms with Gasteiger partial charge in [0.05, 0.1) is 13.7 Å². The summed E-state index contributed by atoms with van der Waals surface area (Å²) in [6, 6.07) is 15.3. The molecule has 2 aromatic carbocycles. The topological polar surface area (TPSA) is 68.0 Å². The average Bonchev–Trinajstić information content (AvgIpc) is 2.71. The van der Waals surface area contributed by atoms with Gasteiger partial charge in [0.15, 0.2) is 11.5 Å². The van der Waals surface area contributed by atoms with Crippen molar-refractivity contribution in [2.75, 3.05) is 33.4 Å². The average molecular weight is 368 g/mol. The van der Waals surface area contributed by atoms with Gasteiger partial charge < -0.3 is 20.3 Å². The Bertz CT molecular complexity index is 781. The van der Waals surface area contributed by atoms with Crippen molar-refractivity contribution >= 4 is 0 Å². The lowest BCUT2D eigenvalue weighted by Gasteiger charge is -2.46. The predicted molar refractivity (Wildman–Crippen MR) is 105 cm³/mol. The molecule has 1 fully saturated rings. The van der Waals surface area contributed by atoms with E-state index >= 15 is 0 Å². The van der Waals surface area contributed by atoms with E-state index in [0.717, 1.165) is 31.7 Å². The molecule has 0 spiro atoms. The molecule has 0 saturated carbocycles. The molecule has 0 aliphatic carbocycles. The Balaban J connectivity index is 1.61. The lowest BCUT2D eigenvalue weighted by Crippen LogP contribution is -2.49. The van der Waals surface area contributed by atoms with E-state index in [1.165, 1.54) is 16.7 Å². The highest BCUT2D eigenvalue weighted by Crippen LogP contribution is 2.44. The number of fused-ring (bicyclic) bond motifs is 3. The van der Waals surface area contributed by atoms with Crippen LogP contribution in [0.2, 0.25) is 0 Å². The number of hydrogen-bond acceptors (Lipinski definition) is 5. The molecular weight excluding hydrogens is 340 g/mol. The van der Waals surface area contributed by atoms with E-state index in [1.807, 2.05) is 0 Å². The zero-order chi connectivity index (χ0) is 18.8.